The van der Waals surface area contributed by atoms with Crippen molar-refractivity contribution in [3.8, 4) is 23.2 Å². The lowest BCUT2D eigenvalue weighted by molar-refractivity contribution is 0.102. The Morgan fingerprint density at radius 1 is 1.03 bits per heavy atom. The molecule has 0 saturated heterocycles. The van der Waals surface area contributed by atoms with E-state index in [1.807, 2.05) is 13.0 Å². The Labute approximate surface area is 179 Å². The first-order valence-electron chi connectivity index (χ1n) is 9.78. The Morgan fingerprint density at radius 2 is 1.77 bits per heavy atom. The summed E-state index contributed by atoms with van der Waals surface area (Å²) in [5, 5.41) is 7.04. The number of benzene rings is 2. The molecule has 1 amide bonds. The van der Waals surface area contributed by atoms with Crippen LogP contribution >= 0.6 is 0 Å². The molecule has 4 aromatic rings. The van der Waals surface area contributed by atoms with E-state index in [4.69, 9.17) is 9.47 Å². The molecular weight excluding hydrogens is 394 g/mol. The Hall–Kier alpha value is -4.20. The van der Waals surface area contributed by atoms with Crippen molar-refractivity contribution in [1.29, 1.82) is 0 Å². The van der Waals surface area contributed by atoms with E-state index in [0.717, 1.165) is 5.75 Å². The number of anilines is 1. The maximum atomic E-state index is 12.4. The summed E-state index contributed by atoms with van der Waals surface area (Å²) in [4.78, 5) is 21.1. The van der Waals surface area contributed by atoms with Gasteiger partial charge in [0.15, 0.2) is 5.82 Å². The number of carbonyl (C=O) groups excluding carboxylic acids is 1. The number of carbonyl (C=O) groups is 1. The number of hydrogen-bond donors (Lipinski definition) is 1. The highest BCUT2D eigenvalue weighted by Crippen LogP contribution is 2.23. The number of hydrogen-bond acceptors (Lipinski definition) is 6. The van der Waals surface area contributed by atoms with Crippen molar-refractivity contribution in [2.45, 2.75) is 13.8 Å². The number of aryl methyl sites for hydroxylation is 1. The van der Waals surface area contributed by atoms with Gasteiger partial charge in [0.05, 0.1) is 6.61 Å². The zero-order valence-electron chi connectivity index (χ0n) is 17.1. The van der Waals surface area contributed by atoms with Crippen molar-refractivity contribution in [1.82, 2.24) is 19.7 Å². The Balaban J connectivity index is 1.42. The van der Waals surface area contributed by atoms with Crippen molar-refractivity contribution in [2.24, 2.45) is 0 Å². The van der Waals surface area contributed by atoms with E-state index in [1.54, 1.807) is 78.6 Å². The third kappa shape index (κ3) is 5.05. The number of ether oxygens (including phenoxy) is 2. The standard InChI is InChI=1S/C23H21N5O3/c1-3-30-19-9-5-17(6-10-19)23(29)27-18-7-11-20(12-8-18)31-22-15-21(25-16(2)26-22)28-14-4-13-24-28/h4-15H,3H2,1-2H3,(H,27,29). The van der Waals surface area contributed by atoms with Gasteiger partial charge in [-0.15, -0.1) is 0 Å². The van der Waals surface area contributed by atoms with Crippen LogP contribution in [0.3, 0.4) is 0 Å². The van der Waals surface area contributed by atoms with Crippen molar-refractivity contribution in [2.75, 3.05) is 11.9 Å². The SMILES string of the molecule is CCOc1ccc(C(=O)Nc2ccc(Oc3cc(-n4cccn4)nc(C)n3)cc2)cc1. The molecule has 0 atom stereocenters. The largest absolute Gasteiger partial charge is 0.494 e. The molecule has 0 radical (unpaired) electrons. The molecule has 2 aromatic carbocycles. The second-order valence-electron chi connectivity index (χ2n) is 6.60. The minimum absolute atomic E-state index is 0.202. The molecule has 0 fully saturated rings. The number of nitrogens with one attached hydrogen (secondary N) is 1. The quantitative estimate of drug-likeness (QED) is 0.481. The molecule has 0 spiro atoms. The minimum Gasteiger partial charge on any atom is -0.494 e. The van der Waals surface area contributed by atoms with Crippen molar-refractivity contribution in [3.63, 3.8) is 0 Å². The lowest BCUT2D eigenvalue weighted by Gasteiger charge is -2.10. The molecule has 0 aliphatic rings. The van der Waals surface area contributed by atoms with Crippen LogP contribution < -0.4 is 14.8 Å². The topological polar surface area (TPSA) is 91.2 Å². The summed E-state index contributed by atoms with van der Waals surface area (Å²) < 4.78 is 12.9. The maximum Gasteiger partial charge on any atom is 0.255 e. The Morgan fingerprint density at radius 3 is 2.45 bits per heavy atom. The summed E-state index contributed by atoms with van der Waals surface area (Å²) in [6.45, 7) is 4.29. The normalized spacial score (nSPS) is 10.5. The van der Waals surface area contributed by atoms with E-state index in [9.17, 15) is 4.79 Å². The van der Waals surface area contributed by atoms with Crippen LogP contribution in [-0.2, 0) is 0 Å². The second-order valence-corrected chi connectivity index (χ2v) is 6.60. The molecule has 0 bridgehead atoms. The molecule has 0 aliphatic heterocycles. The third-order valence-corrected chi connectivity index (χ3v) is 4.30. The van der Waals surface area contributed by atoms with Crippen LogP contribution in [-0.4, -0.2) is 32.3 Å². The molecule has 31 heavy (non-hydrogen) atoms. The van der Waals surface area contributed by atoms with Gasteiger partial charge in [-0.3, -0.25) is 4.79 Å². The number of rotatable bonds is 7. The second kappa shape index (κ2) is 9.08. The van der Waals surface area contributed by atoms with Crippen molar-refractivity contribution in [3.05, 3.63) is 84.4 Å². The molecule has 0 saturated carbocycles. The maximum absolute atomic E-state index is 12.4. The summed E-state index contributed by atoms with van der Waals surface area (Å²) in [6.07, 6.45) is 3.48. The highest BCUT2D eigenvalue weighted by atomic mass is 16.5. The van der Waals surface area contributed by atoms with Gasteiger partial charge >= 0.3 is 0 Å². The van der Waals surface area contributed by atoms with Crippen LogP contribution in [0.5, 0.6) is 17.4 Å². The first kappa shape index (κ1) is 20.1. The Kier molecular flexibility index (Phi) is 5.89. The molecule has 2 aromatic heterocycles. The van der Waals surface area contributed by atoms with Crippen LogP contribution in [0.2, 0.25) is 0 Å². The molecular formula is C23H21N5O3. The van der Waals surface area contributed by atoms with E-state index < -0.39 is 0 Å². The lowest BCUT2D eigenvalue weighted by Crippen LogP contribution is -2.11. The average Bonchev–Trinajstić information content (AvgIpc) is 3.31. The summed E-state index contributed by atoms with van der Waals surface area (Å²) in [5.41, 5.74) is 1.20. The molecule has 1 N–H and O–H groups in total. The number of aromatic nitrogens is 4. The first-order chi connectivity index (χ1) is 15.1. The molecule has 8 nitrogen and oxygen atoms in total. The summed E-state index contributed by atoms with van der Waals surface area (Å²) in [7, 11) is 0. The number of amides is 1. The minimum atomic E-state index is -0.202. The molecule has 4 rings (SSSR count). The van der Waals surface area contributed by atoms with Crippen molar-refractivity contribution < 1.29 is 14.3 Å². The van der Waals surface area contributed by atoms with Crippen LogP contribution in [0.25, 0.3) is 5.82 Å². The molecule has 8 heteroatoms. The number of nitrogens with zero attached hydrogens (tertiary/aromatic N) is 4. The smallest absolute Gasteiger partial charge is 0.255 e. The van der Waals surface area contributed by atoms with Crippen LogP contribution in [0.15, 0.2) is 73.1 Å². The van der Waals surface area contributed by atoms with Gasteiger partial charge in [-0.25, -0.2) is 9.67 Å². The summed E-state index contributed by atoms with van der Waals surface area (Å²) in [6, 6.07) is 17.6. The van der Waals surface area contributed by atoms with Crippen LogP contribution in [0.1, 0.15) is 23.1 Å². The van der Waals surface area contributed by atoms with Gasteiger partial charge in [0.2, 0.25) is 5.88 Å². The van der Waals surface area contributed by atoms with E-state index in [2.05, 4.69) is 20.4 Å². The monoisotopic (exact) mass is 415 g/mol. The fourth-order valence-corrected chi connectivity index (χ4v) is 2.90. The van der Waals surface area contributed by atoms with Gasteiger partial charge in [0.1, 0.15) is 17.3 Å². The first-order valence-corrected chi connectivity index (χ1v) is 9.78. The van der Waals surface area contributed by atoms with Gasteiger partial charge in [-0.1, -0.05) is 0 Å². The predicted molar refractivity (Wildman–Crippen MR) is 116 cm³/mol. The van der Waals surface area contributed by atoms with E-state index in [0.29, 0.717) is 41.1 Å². The van der Waals surface area contributed by atoms with E-state index >= 15 is 0 Å². The molecule has 0 unspecified atom stereocenters. The predicted octanol–water partition coefficient (Wildman–Crippen LogP) is 4.41. The van der Waals surface area contributed by atoms with Crippen LogP contribution in [0.4, 0.5) is 5.69 Å². The van der Waals surface area contributed by atoms with Gasteiger partial charge < -0.3 is 14.8 Å². The van der Waals surface area contributed by atoms with Gasteiger partial charge in [-0.05, 0) is 68.4 Å². The van der Waals surface area contributed by atoms with Crippen molar-refractivity contribution >= 4 is 11.6 Å². The van der Waals surface area contributed by atoms with E-state index in [-0.39, 0.29) is 5.91 Å². The summed E-state index contributed by atoms with van der Waals surface area (Å²) >= 11 is 0. The zero-order chi connectivity index (χ0) is 21.6. The van der Waals surface area contributed by atoms with Gasteiger partial charge in [0, 0.05) is 29.7 Å². The molecule has 156 valence electrons. The fourth-order valence-electron chi connectivity index (χ4n) is 2.90. The average molecular weight is 415 g/mol. The summed E-state index contributed by atoms with van der Waals surface area (Å²) in [5.74, 6) is 2.71. The lowest BCUT2D eigenvalue weighted by atomic mass is 10.2. The van der Waals surface area contributed by atoms with E-state index in [1.165, 1.54) is 0 Å². The highest BCUT2D eigenvalue weighted by Gasteiger charge is 2.09. The van der Waals surface area contributed by atoms with Gasteiger partial charge in [-0.2, -0.15) is 10.1 Å². The third-order valence-electron chi connectivity index (χ3n) is 4.30. The van der Waals surface area contributed by atoms with Crippen LogP contribution in [0, 0.1) is 6.92 Å². The highest BCUT2D eigenvalue weighted by molar-refractivity contribution is 6.04. The molecule has 0 aliphatic carbocycles. The fraction of sp³-hybridized carbons (Fsp3) is 0.130. The Bertz CT molecular complexity index is 1160. The van der Waals surface area contributed by atoms with Gasteiger partial charge in [0.25, 0.3) is 5.91 Å². The molecule has 2 heterocycles. The zero-order valence-corrected chi connectivity index (χ0v) is 17.1.